The van der Waals surface area contributed by atoms with Crippen molar-refractivity contribution in [2.45, 2.75) is 31.8 Å². The summed E-state index contributed by atoms with van der Waals surface area (Å²) in [6, 6.07) is 2.91. The van der Waals surface area contributed by atoms with Crippen LogP contribution in [0.2, 0.25) is 0 Å². The highest BCUT2D eigenvalue weighted by Gasteiger charge is 2.22. The molecule has 0 radical (unpaired) electrons. The number of aromatic nitrogens is 2. The highest BCUT2D eigenvalue weighted by Crippen LogP contribution is 2.24. The Hall–Kier alpha value is -0.830. The Bertz CT molecular complexity index is 275. The van der Waals surface area contributed by atoms with Crippen LogP contribution in [0.5, 0.6) is 0 Å². The normalized spacial score (nSPS) is 17.8. The monoisotopic (exact) mass is 179 g/mol. The molecule has 0 bridgehead atoms. The van der Waals surface area contributed by atoms with Crippen LogP contribution < -0.4 is 0 Å². The SMILES string of the molecule is CN(Cc1ccnn1C)C1CCC1. The van der Waals surface area contributed by atoms with Gasteiger partial charge in [0.1, 0.15) is 0 Å². The van der Waals surface area contributed by atoms with E-state index in [1.54, 1.807) is 0 Å². The lowest BCUT2D eigenvalue weighted by molar-refractivity contribution is 0.149. The Morgan fingerprint density at radius 3 is 2.85 bits per heavy atom. The van der Waals surface area contributed by atoms with Crippen molar-refractivity contribution in [1.82, 2.24) is 14.7 Å². The summed E-state index contributed by atoms with van der Waals surface area (Å²) < 4.78 is 1.95. The third-order valence-electron chi connectivity index (χ3n) is 3.03. The molecule has 1 fully saturated rings. The molecule has 0 N–H and O–H groups in total. The van der Waals surface area contributed by atoms with E-state index in [4.69, 9.17) is 0 Å². The van der Waals surface area contributed by atoms with Gasteiger partial charge in [0.2, 0.25) is 0 Å². The third-order valence-corrected chi connectivity index (χ3v) is 3.03. The van der Waals surface area contributed by atoms with Gasteiger partial charge in [-0.05, 0) is 26.0 Å². The van der Waals surface area contributed by atoms with Crippen LogP contribution in [-0.2, 0) is 13.6 Å². The minimum absolute atomic E-state index is 0.815. The molecule has 0 atom stereocenters. The second-order valence-corrected chi connectivity index (χ2v) is 3.95. The predicted molar refractivity (Wildman–Crippen MR) is 52.3 cm³/mol. The van der Waals surface area contributed by atoms with E-state index in [2.05, 4.69) is 23.1 Å². The Labute approximate surface area is 79.3 Å². The van der Waals surface area contributed by atoms with Crippen molar-refractivity contribution in [2.24, 2.45) is 7.05 Å². The maximum atomic E-state index is 4.16. The van der Waals surface area contributed by atoms with Gasteiger partial charge in [-0.3, -0.25) is 9.58 Å². The van der Waals surface area contributed by atoms with Crippen molar-refractivity contribution >= 4 is 0 Å². The van der Waals surface area contributed by atoms with E-state index in [9.17, 15) is 0 Å². The molecule has 1 aromatic heterocycles. The molecule has 0 aromatic carbocycles. The zero-order chi connectivity index (χ0) is 9.26. The van der Waals surface area contributed by atoms with Crippen LogP contribution in [0.4, 0.5) is 0 Å². The van der Waals surface area contributed by atoms with E-state index >= 15 is 0 Å². The number of rotatable bonds is 3. The fraction of sp³-hybridized carbons (Fsp3) is 0.700. The molecule has 3 heteroatoms. The van der Waals surface area contributed by atoms with Crippen LogP contribution in [0.15, 0.2) is 12.3 Å². The fourth-order valence-electron chi connectivity index (χ4n) is 1.77. The quantitative estimate of drug-likeness (QED) is 0.699. The van der Waals surface area contributed by atoms with E-state index in [1.165, 1.54) is 25.0 Å². The first-order chi connectivity index (χ1) is 6.27. The first kappa shape index (κ1) is 8.75. The van der Waals surface area contributed by atoms with Gasteiger partial charge in [0.25, 0.3) is 0 Å². The van der Waals surface area contributed by atoms with E-state index in [0.717, 1.165) is 12.6 Å². The average molecular weight is 179 g/mol. The van der Waals surface area contributed by atoms with Gasteiger partial charge in [-0.15, -0.1) is 0 Å². The second kappa shape index (κ2) is 3.50. The smallest absolute Gasteiger partial charge is 0.0521 e. The first-order valence-electron chi connectivity index (χ1n) is 4.94. The van der Waals surface area contributed by atoms with Crippen LogP contribution in [-0.4, -0.2) is 27.8 Å². The fourth-order valence-corrected chi connectivity index (χ4v) is 1.77. The van der Waals surface area contributed by atoms with E-state index in [1.807, 2.05) is 17.9 Å². The van der Waals surface area contributed by atoms with Gasteiger partial charge in [0, 0.05) is 25.8 Å². The molecule has 0 saturated heterocycles. The summed E-state index contributed by atoms with van der Waals surface area (Å²) >= 11 is 0. The van der Waals surface area contributed by atoms with Crippen LogP contribution in [0.1, 0.15) is 25.0 Å². The summed E-state index contributed by atoms with van der Waals surface area (Å²) in [7, 11) is 4.21. The molecule has 1 aromatic rings. The lowest BCUT2D eigenvalue weighted by Gasteiger charge is -2.34. The molecule has 1 heterocycles. The summed E-state index contributed by atoms with van der Waals surface area (Å²) in [6.45, 7) is 1.03. The Balaban J connectivity index is 1.93. The summed E-state index contributed by atoms with van der Waals surface area (Å²) in [5.41, 5.74) is 1.30. The van der Waals surface area contributed by atoms with Gasteiger partial charge in [-0.2, -0.15) is 5.10 Å². The van der Waals surface area contributed by atoms with E-state index in [-0.39, 0.29) is 0 Å². The number of nitrogens with zero attached hydrogens (tertiary/aromatic N) is 3. The molecule has 1 saturated carbocycles. The first-order valence-corrected chi connectivity index (χ1v) is 4.94. The zero-order valence-electron chi connectivity index (χ0n) is 8.40. The lowest BCUT2D eigenvalue weighted by Crippen LogP contribution is -2.36. The maximum absolute atomic E-state index is 4.16. The second-order valence-electron chi connectivity index (χ2n) is 3.95. The van der Waals surface area contributed by atoms with Gasteiger partial charge >= 0.3 is 0 Å². The summed E-state index contributed by atoms with van der Waals surface area (Å²) in [5, 5.41) is 4.16. The molecule has 3 nitrogen and oxygen atoms in total. The highest BCUT2D eigenvalue weighted by molar-refractivity contribution is 5.00. The summed E-state index contributed by atoms with van der Waals surface area (Å²) in [6.07, 6.45) is 6.01. The van der Waals surface area contributed by atoms with Crippen molar-refractivity contribution in [3.05, 3.63) is 18.0 Å². The predicted octanol–water partition coefficient (Wildman–Crippen LogP) is 1.40. The standard InChI is InChI=1S/C10H17N3/c1-12(9-4-3-5-9)8-10-6-7-11-13(10)2/h6-7,9H,3-5,8H2,1-2H3. The van der Waals surface area contributed by atoms with Crippen molar-refractivity contribution in [3.63, 3.8) is 0 Å². The molecular formula is C10H17N3. The topological polar surface area (TPSA) is 21.1 Å². The Kier molecular flexibility index (Phi) is 2.36. The Morgan fingerprint density at radius 1 is 1.62 bits per heavy atom. The zero-order valence-corrected chi connectivity index (χ0v) is 8.40. The minimum Gasteiger partial charge on any atom is -0.298 e. The lowest BCUT2D eigenvalue weighted by atomic mass is 9.92. The van der Waals surface area contributed by atoms with Crippen LogP contribution in [0.3, 0.4) is 0 Å². The van der Waals surface area contributed by atoms with Gasteiger partial charge in [-0.1, -0.05) is 6.42 Å². The number of hydrogen-bond donors (Lipinski definition) is 0. The van der Waals surface area contributed by atoms with Crippen LogP contribution in [0.25, 0.3) is 0 Å². The third kappa shape index (κ3) is 1.75. The van der Waals surface area contributed by atoms with Crippen molar-refractivity contribution < 1.29 is 0 Å². The molecule has 0 amide bonds. The van der Waals surface area contributed by atoms with Crippen molar-refractivity contribution in [3.8, 4) is 0 Å². The summed E-state index contributed by atoms with van der Waals surface area (Å²) in [5.74, 6) is 0. The van der Waals surface area contributed by atoms with Gasteiger partial charge < -0.3 is 0 Å². The molecule has 0 aliphatic heterocycles. The van der Waals surface area contributed by atoms with Gasteiger partial charge in [-0.25, -0.2) is 0 Å². The molecule has 0 unspecified atom stereocenters. The van der Waals surface area contributed by atoms with Gasteiger partial charge in [0.05, 0.1) is 5.69 Å². The molecule has 1 aliphatic rings. The number of hydrogen-bond acceptors (Lipinski definition) is 2. The molecular weight excluding hydrogens is 162 g/mol. The van der Waals surface area contributed by atoms with E-state index in [0.29, 0.717) is 0 Å². The molecule has 1 aliphatic carbocycles. The molecule has 13 heavy (non-hydrogen) atoms. The highest BCUT2D eigenvalue weighted by atomic mass is 15.3. The average Bonchev–Trinajstić information content (AvgIpc) is 2.32. The van der Waals surface area contributed by atoms with Crippen LogP contribution in [0, 0.1) is 0 Å². The summed E-state index contributed by atoms with van der Waals surface area (Å²) in [4.78, 5) is 2.43. The largest absolute Gasteiger partial charge is 0.298 e. The molecule has 72 valence electrons. The number of aryl methyl sites for hydroxylation is 1. The van der Waals surface area contributed by atoms with E-state index < -0.39 is 0 Å². The molecule has 0 spiro atoms. The Morgan fingerprint density at radius 2 is 2.38 bits per heavy atom. The van der Waals surface area contributed by atoms with Gasteiger partial charge in [0.15, 0.2) is 0 Å². The minimum atomic E-state index is 0.815. The maximum Gasteiger partial charge on any atom is 0.0521 e. The van der Waals surface area contributed by atoms with Crippen molar-refractivity contribution in [1.29, 1.82) is 0 Å². The van der Waals surface area contributed by atoms with Crippen LogP contribution >= 0.6 is 0 Å². The van der Waals surface area contributed by atoms with Crippen molar-refractivity contribution in [2.75, 3.05) is 7.05 Å². The molecule has 2 rings (SSSR count).